The SMILES string of the molecule is O=S(=O)(O)n1nnc2ccc(I)c(O)c21. The minimum Gasteiger partial charge on any atom is -0.505 e. The van der Waals surface area contributed by atoms with Gasteiger partial charge in [-0.2, -0.15) is 8.42 Å². The van der Waals surface area contributed by atoms with Gasteiger partial charge in [0, 0.05) is 0 Å². The summed E-state index contributed by atoms with van der Waals surface area (Å²) in [6.45, 7) is 0. The number of halogens is 1. The van der Waals surface area contributed by atoms with Gasteiger partial charge in [-0.25, -0.2) is 0 Å². The number of rotatable bonds is 1. The van der Waals surface area contributed by atoms with Gasteiger partial charge in [-0.3, -0.25) is 4.55 Å². The van der Waals surface area contributed by atoms with Gasteiger partial charge in [-0.05, 0) is 39.9 Å². The number of hydrogen-bond acceptors (Lipinski definition) is 5. The quantitative estimate of drug-likeness (QED) is 0.574. The second kappa shape index (κ2) is 3.28. The third-order valence-electron chi connectivity index (χ3n) is 1.72. The summed E-state index contributed by atoms with van der Waals surface area (Å²) in [7, 11) is -4.55. The van der Waals surface area contributed by atoms with Gasteiger partial charge in [0.25, 0.3) is 0 Å². The molecule has 0 radical (unpaired) electrons. The van der Waals surface area contributed by atoms with E-state index in [0.717, 1.165) is 0 Å². The molecule has 0 saturated carbocycles. The van der Waals surface area contributed by atoms with Crippen molar-refractivity contribution in [2.75, 3.05) is 0 Å². The Morgan fingerprint density at radius 2 is 2.07 bits per heavy atom. The van der Waals surface area contributed by atoms with Crippen molar-refractivity contribution in [3.8, 4) is 5.75 Å². The van der Waals surface area contributed by atoms with Crippen LogP contribution in [0.25, 0.3) is 11.0 Å². The first-order chi connectivity index (χ1) is 6.91. The fourth-order valence-electron chi connectivity index (χ4n) is 1.11. The molecule has 15 heavy (non-hydrogen) atoms. The molecule has 2 aromatic rings. The summed E-state index contributed by atoms with van der Waals surface area (Å²) in [4.78, 5) is 0. The third-order valence-corrected chi connectivity index (χ3v) is 3.29. The van der Waals surface area contributed by atoms with Gasteiger partial charge in [0.1, 0.15) is 5.52 Å². The van der Waals surface area contributed by atoms with E-state index in [4.69, 9.17) is 4.55 Å². The predicted molar refractivity (Wildman–Crippen MR) is 58.9 cm³/mol. The summed E-state index contributed by atoms with van der Waals surface area (Å²) in [5.41, 5.74) is 0.0509. The molecule has 0 amide bonds. The van der Waals surface area contributed by atoms with Gasteiger partial charge in [0.2, 0.25) is 0 Å². The van der Waals surface area contributed by atoms with Crippen molar-refractivity contribution in [1.29, 1.82) is 0 Å². The van der Waals surface area contributed by atoms with Crippen molar-refractivity contribution in [2.45, 2.75) is 0 Å². The topological polar surface area (TPSA) is 105 Å². The van der Waals surface area contributed by atoms with Crippen LogP contribution in [-0.2, 0) is 10.3 Å². The molecule has 0 aliphatic carbocycles. The number of nitrogens with zero attached hydrogens (tertiary/aromatic N) is 3. The molecule has 0 unspecified atom stereocenters. The Labute approximate surface area is 97.7 Å². The highest BCUT2D eigenvalue weighted by molar-refractivity contribution is 14.1. The van der Waals surface area contributed by atoms with Crippen LogP contribution in [0, 0.1) is 3.57 Å². The Balaban J connectivity index is 2.96. The summed E-state index contributed by atoms with van der Waals surface area (Å²) < 4.78 is 31.3. The van der Waals surface area contributed by atoms with Crippen LogP contribution >= 0.6 is 22.6 Å². The molecule has 0 fully saturated rings. The van der Waals surface area contributed by atoms with Crippen LogP contribution in [0.3, 0.4) is 0 Å². The maximum atomic E-state index is 10.9. The van der Waals surface area contributed by atoms with Crippen molar-refractivity contribution >= 4 is 43.9 Å². The molecule has 2 N–H and O–H groups in total. The summed E-state index contributed by atoms with van der Waals surface area (Å²) >= 11 is 1.82. The lowest BCUT2D eigenvalue weighted by Crippen LogP contribution is -2.12. The molecule has 9 heteroatoms. The predicted octanol–water partition coefficient (Wildman–Crippen LogP) is 0.392. The summed E-state index contributed by atoms with van der Waals surface area (Å²) in [5, 5.41) is 16.3. The van der Waals surface area contributed by atoms with E-state index in [-0.39, 0.29) is 20.9 Å². The molecule has 0 atom stereocenters. The van der Waals surface area contributed by atoms with Crippen molar-refractivity contribution in [2.24, 2.45) is 0 Å². The normalized spacial score (nSPS) is 12.1. The monoisotopic (exact) mass is 341 g/mol. The smallest absolute Gasteiger partial charge is 0.381 e. The van der Waals surface area contributed by atoms with Crippen LogP contribution in [0.1, 0.15) is 0 Å². The molecule has 0 saturated heterocycles. The second-order valence-electron chi connectivity index (χ2n) is 2.67. The summed E-state index contributed by atoms with van der Waals surface area (Å²) in [6.07, 6.45) is 0. The van der Waals surface area contributed by atoms with Crippen molar-refractivity contribution in [3.63, 3.8) is 0 Å². The Morgan fingerprint density at radius 3 is 2.67 bits per heavy atom. The van der Waals surface area contributed by atoms with Gasteiger partial charge in [-0.15, -0.1) is 9.19 Å². The second-order valence-corrected chi connectivity index (χ2v) is 5.08. The van der Waals surface area contributed by atoms with Crippen LogP contribution < -0.4 is 0 Å². The van der Waals surface area contributed by atoms with Gasteiger partial charge < -0.3 is 5.11 Å². The van der Waals surface area contributed by atoms with Crippen LogP contribution in [0.5, 0.6) is 5.75 Å². The first-order valence-corrected chi connectivity index (χ1v) is 6.09. The molecule has 2 rings (SSSR count). The largest absolute Gasteiger partial charge is 0.505 e. The summed E-state index contributed by atoms with van der Waals surface area (Å²) in [6, 6.07) is 3.05. The summed E-state index contributed by atoms with van der Waals surface area (Å²) in [5.74, 6) is -0.282. The zero-order valence-corrected chi connectivity index (χ0v) is 9.97. The molecular formula is C6H4IN3O4S. The molecule has 0 aliphatic heterocycles. The van der Waals surface area contributed by atoms with E-state index in [9.17, 15) is 13.5 Å². The Hall–Kier alpha value is -0.940. The average molecular weight is 341 g/mol. The zero-order chi connectivity index (χ0) is 11.2. The minimum absolute atomic E-state index is 0.135. The third kappa shape index (κ3) is 1.66. The molecule has 0 spiro atoms. The number of aromatic nitrogens is 3. The van der Waals surface area contributed by atoms with Gasteiger partial charge in [0.15, 0.2) is 11.3 Å². The highest BCUT2D eigenvalue weighted by Gasteiger charge is 2.19. The highest BCUT2D eigenvalue weighted by atomic mass is 127. The molecule has 0 aliphatic rings. The van der Waals surface area contributed by atoms with E-state index in [1.54, 1.807) is 6.07 Å². The van der Waals surface area contributed by atoms with Crippen LogP contribution in [0.15, 0.2) is 12.1 Å². The Kier molecular flexibility index (Phi) is 2.31. The maximum Gasteiger partial charge on any atom is 0.381 e. The van der Waals surface area contributed by atoms with E-state index >= 15 is 0 Å². The number of fused-ring (bicyclic) bond motifs is 1. The van der Waals surface area contributed by atoms with Crippen molar-refractivity contribution in [3.05, 3.63) is 15.7 Å². The first kappa shape index (κ1) is 10.6. The zero-order valence-electron chi connectivity index (χ0n) is 6.99. The Morgan fingerprint density at radius 1 is 1.40 bits per heavy atom. The first-order valence-electron chi connectivity index (χ1n) is 3.62. The van der Waals surface area contributed by atoms with E-state index < -0.39 is 10.3 Å². The molecule has 7 nitrogen and oxygen atoms in total. The standard InChI is InChI=1S/C6H4IN3O4S/c7-3-1-2-4-5(6(3)11)10(9-8-4)15(12,13)14/h1-2,11H,(H,12,13,14). The molecule has 1 aromatic carbocycles. The van der Waals surface area contributed by atoms with Crippen LogP contribution in [0.2, 0.25) is 0 Å². The van der Waals surface area contributed by atoms with Gasteiger partial charge in [-0.1, -0.05) is 0 Å². The average Bonchev–Trinajstić information content (AvgIpc) is 2.54. The minimum atomic E-state index is -4.55. The number of aromatic hydroxyl groups is 1. The van der Waals surface area contributed by atoms with Gasteiger partial charge >= 0.3 is 10.3 Å². The highest BCUT2D eigenvalue weighted by Crippen LogP contribution is 2.28. The lowest BCUT2D eigenvalue weighted by Gasteiger charge is -2.00. The number of benzene rings is 1. The molecular weight excluding hydrogens is 337 g/mol. The van der Waals surface area contributed by atoms with Crippen molar-refractivity contribution < 1.29 is 18.1 Å². The number of phenols is 1. The molecule has 1 heterocycles. The van der Waals surface area contributed by atoms with E-state index in [1.807, 2.05) is 22.6 Å². The van der Waals surface area contributed by atoms with E-state index in [1.165, 1.54) is 6.07 Å². The number of hydrogen-bond donors (Lipinski definition) is 2. The lowest BCUT2D eigenvalue weighted by atomic mass is 10.3. The molecule has 1 aromatic heterocycles. The fraction of sp³-hybridized carbons (Fsp3) is 0. The fourth-order valence-corrected chi connectivity index (χ4v) is 2.08. The molecule has 0 bridgehead atoms. The van der Waals surface area contributed by atoms with E-state index in [0.29, 0.717) is 3.57 Å². The lowest BCUT2D eigenvalue weighted by molar-refractivity contribution is 0.458. The molecule has 80 valence electrons. The van der Waals surface area contributed by atoms with Crippen molar-refractivity contribution in [1.82, 2.24) is 14.4 Å². The Bertz CT molecular complexity index is 635. The van der Waals surface area contributed by atoms with Gasteiger partial charge in [0.05, 0.1) is 3.57 Å². The van der Waals surface area contributed by atoms with Crippen LogP contribution in [-0.4, -0.2) is 32.5 Å². The number of phenolic OH excluding ortho intramolecular Hbond substituents is 1. The van der Waals surface area contributed by atoms with E-state index in [2.05, 4.69) is 10.3 Å². The van der Waals surface area contributed by atoms with Crippen LogP contribution in [0.4, 0.5) is 0 Å². The maximum absolute atomic E-state index is 10.9.